The topological polar surface area (TPSA) is 73.5 Å². The van der Waals surface area contributed by atoms with Crippen molar-refractivity contribution in [1.29, 1.82) is 0 Å². The number of aromatic nitrogens is 4. The summed E-state index contributed by atoms with van der Waals surface area (Å²) in [7, 11) is 1.59. The van der Waals surface area contributed by atoms with Crippen LogP contribution >= 0.6 is 0 Å². The first kappa shape index (κ1) is 15.1. The Morgan fingerprint density at radius 2 is 2.26 bits per heavy atom. The number of carbonyl (C=O) groups is 1. The molecule has 3 aromatic heterocycles. The van der Waals surface area contributed by atoms with Gasteiger partial charge in [-0.15, -0.1) is 0 Å². The van der Waals surface area contributed by atoms with Gasteiger partial charge < -0.3 is 14.6 Å². The predicted molar refractivity (Wildman–Crippen MR) is 85.7 cm³/mol. The maximum Gasteiger partial charge on any atom is 0.270 e. The minimum Gasteiger partial charge on any atom is -0.493 e. The molecule has 7 nitrogen and oxygen atoms in total. The van der Waals surface area contributed by atoms with E-state index in [9.17, 15) is 4.79 Å². The highest BCUT2D eigenvalue weighted by Crippen LogP contribution is 2.21. The first-order valence-electron chi connectivity index (χ1n) is 7.46. The summed E-state index contributed by atoms with van der Waals surface area (Å²) >= 11 is 0. The summed E-state index contributed by atoms with van der Waals surface area (Å²) in [6, 6.07) is 3.66. The standard InChI is InChI=1S/C16H19N5O2/c1-12-14(21-9-3-5-13(23-2)15(21)19-12)16(22)18-6-4-8-20-10-7-17-11-20/h3,5,7,9-11H,4,6,8H2,1-2H3,(H,18,22). The lowest BCUT2D eigenvalue weighted by molar-refractivity contribution is 0.0946. The first-order chi connectivity index (χ1) is 11.2. The molecule has 0 saturated carbocycles. The molecule has 7 heteroatoms. The molecule has 0 aliphatic rings. The van der Waals surface area contributed by atoms with Gasteiger partial charge in [0, 0.05) is 31.7 Å². The number of rotatable bonds is 6. The van der Waals surface area contributed by atoms with Gasteiger partial charge in [-0.2, -0.15) is 0 Å². The van der Waals surface area contributed by atoms with Crippen molar-refractivity contribution in [3.05, 3.63) is 48.4 Å². The Morgan fingerprint density at radius 3 is 3.00 bits per heavy atom. The van der Waals surface area contributed by atoms with Crippen LogP contribution in [0.5, 0.6) is 5.75 Å². The number of fused-ring (bicyclic) bond motifs is 1. The summed E-state index contributed by atoms with van der Waals surface area (Å²) in [5, 5.41) is 2.94. The zero-order valence-corrected chi connectivity index (χ0v) is 13.2. The number of hydrogen-bond acceptors (Lipinski definition) is 4. The van der Waals surface area contributed by atoms with Crippen LogP contribution in [-0.2, 0) is 6.54 Å². The Hall–Kier alpha value is -2.83. The number of carbonyl (C=O) groups excluding carboxylic acids is 1. The number of imidazole rings is 2. The van der Waals surface area contributed by atoms with E-state index in [4.69, 9.17) is 4.74 Å². The quantitative estimate of drug-likeness (QED) is 0.703. The van der Waals surface area contributed by atoms with Crippen LogP contribution in [-0.4, -0.2) is 38.5 Å². The van der Waals surface area contributed by atoms with Crippen LogP contribution in [0.4, 0.5) is 0 Å². The summed E-state index contributed by atoms with van der Waals surface area (Å²) in [5.74, 6) is 0.517. The monoisotopic (exact) mass is 313 g/mol. The second-order valence-corrected chi connectivity index (χ2v) is 5.23. The number of nitrogens with zero attached hydrogens (tertiary/aromatic N) is 4. The smallest absolute Gasteiger partial charge is 0.270 e. The molecule has 0 radical (unpaired) electrons. The van der Waals surface area contributed by atoms with Crippen LogP contribution in [0.3, 0.4) is 0 Å². The minimum absolute atomic E-state index is 0.131. The Labute approximate surface area is 133 Å². The van der Waals surface area contributed by atoms with Crippen molar-refractivity contribution in [3.63, 3.8) is 0 Å². The molecule has 120 valence electrons. The molecule has 0 fully saturated rings. The van der Waals surface area contributed by atoms with E-state index in [0.717, 1.165) is 13.0 Å². The molecule has 3 rings (SSSR count). The highest BCUT2D eigenvalue weighted by atomic mass is 16.5. The molecule has 3 aromatic rings. The third-order valence-electron chi connectivity index (χ3n) is 3.66. The molecule has 0 atom stereocenters. The van der Waals surface area contributed by atoms with Gasteiger partial charge in [-0.3, -0.25) is 9.20 Å². The van der Waals surface area contributed by atoms with Crippen molar-refractivity contribution >= 4 is 11.6 Å². The summed E-state index contributed by atoms with van der Waals surface area (Å²) in [6.07, 6.45) is 8.07. The molecule has 0 spiro atoms. The van der Waals surface area contributed by atoms with Crippen LogP contribution in [0.25, 0.3) is 5.65 Å². The fourth-order valence-corrected chi connectivity index (χ4v) is 2.56. The molecule has 0 bridgehead atoms. The SMILES string of the molecule is COc1cccn2c(C(=O)NCCCn3ccnc3)c(C)nc12. The van der Waals surface area contributed by atoms with Crippen molar-refractivity contribution < 1.29 is 9.53 Å². The van der Waals surface area contributed by atoms with Gasteiger partial charge in [-0.25, -0.2) is 9.97 Å². The van der Waals surface area contributed by atoms with Gasteiger partial charge in [0.25, 0.3) is 5.91 Å². The molecule has 0 aromatic carbocycles. The molecule has 3 heterocycles. The van der Waals surface area contributed by atoms with Crippen molar-refractivity contribution in [2.45, 2.75) is 19.9 Å². The minimum atomic E-state index is -0.131. The molecule has 0 aliphatic heterocycles. The normalized spacial score (nSPS) is 10.9. The lowest BCUT2D eigenvalue weighted by atomic mass is 10.3. The Balaban J connectivity index is 1.69. The van der Waals surface area contributed by atoms with E-state index in [1.807, 2.05) is 36.0 Å². The molecular formula is C16H19N5O2. The summed E-state index contributed by atoms with van der Waals surface area (Å²) < 4.78 is 9.04. The van der Waals surface area contributed by atoms with E-state index in [1.54, 1.807) is 24.0 Å². The largest absolute Gasteiger partial charge is 0.493 e. The summed E-state index contributed by atoms with van der Waals surface area (Å²) in [5.41, 5.74) is 1.87. The van der Waals surface area contributed by atoms with Gasteiger partial charge >= 0.3 is 0 Å². The van der Waals surface area contributed by atoms with E-state index in [1.165, 1.54) is 0 Å². The van der Waals surface area contributed by atoms with E-state index in [0.29, 0.717) is 29.3 Å². The van der Waals surface area contributed by atoms with Gasteiger partial charge in [0.05, 0.1) is 19.1 Å². The lowest BCUT2D eigenvalue weighted by Gasteiger charge is -2.07. The number of hydrogen-bond donors (Lipinski definition) is 1. The highest BCUT2D eigenvalue weighted by molar-refractivity contribution is 5.94. The van der Waals surface area contributed by atoms with E-state index in [2.05, 4.69) is 15.3 Å². The van der Waals surface area contributed by atoms with E-state index >= 15 is 0 Å². The summed E-state index contributed by atoms with van der Waals surface area (Å²) in [4.78, 5) is 20.9. The second-order valence-electron chi connectivity index (χ2n) is 5.23. The zero-order valence-electron chi connectivity index (χ0n) is 13.2. The number of nitrogens with one attached hydrogen (secondary N) is 1. The number of pyridine rings is 1. The Morgan fingerprint density at radius 1 is 1.39 bits per heavy atom. The highest BCUT2D eigenvalue weighted by Gasteiger charge is 2.18. The van der Waals surface area contributed by atoms with Gasteiger partial charge in [0.15, 0.2) is 11.4 Å². The molecule has 0 aliphatic carbocycles. The van der Waals surface area contributed by atoms with Crippen LogP contribution in [0.1, 0.15) is 22.6 Å². The van der Waals surface area contributed by atoms with Crippen LogP contribution in [0, 0.1) is 6.92 Å². The van der Waals surface area contributed by atoms with Crippen LogP contribution < -0.4 is 10.1 Å². The third kappa shape index (κ3) is 3.03. The second kappa shape index (κ2) is 6.51. The average molecular weight is 313 g/mol. The van der Waals surface area contributed by atoms with Crippen molar-refractivity contribution in [3.8, 4) is 5.75 Å². The van der Waals surface area contributed by atoms with Crippen molar-refractivity contribution in [2.75, 3.05) is 13.7 Å². The number of amides is 1. The molecule has 1 N–H and O–H groups in total. The summed E-state index contributed by atoms with van der Waals surface area (Å²) in [6.45, 7) is 3.24. The van der Waals surface area contributed by atoms with Gasteiger partial charge in [0.1, 0.15) is 5.69 Å². The van der Waals surface area contributed by atoms with Gasteiger partial charge in [-0.1, -0.05) is 0 Å². The average Bonchev–Trinajstić information content (AvgIpc) is 3.17. The molecule has 1 amide bonds. The first-order valence-corrected chi connectivity index (χ1v) is 7.46. The molecular weight excluding hydrogens is 294 g/mol. The van der Waals surface area contributed by atoms with Crippen molar-refractivity contribution in [2.24, 2.45) is 0 Å². The Bertz CT molecular complexity index is 807. The maximum atomic E-state index is 12.5. The molecule has 0 saturated heterocycles. The maximum absolute atomic E-state index is 12.5. The van der Waals surface area contributed by atoms with Gasteiger partial charge in [0.2, 0.25) is 0 Å². The fourth-order valence-electron chi connectivity index (χ4n) is 2.56. The van der Waals surface area contributed by atoms with E-state index < -0.39 is 0 Å². The fraction of sp³-hybridized carbons (Fsp3) is 0.312. The van der Waals surface area contributed by atoms with E-state index in [-0.39, 0.29) is 5.91 Å². The molecule has 23 heavy (non-hydrogen) atoms. The van der Waals surface area contributed by atoms with Crippen LogP contribution in [0.15, 0.2) is 37.1 Å². The zero-order chi connectivity index (χ0) is 16.2. The van der Waals surface area contributed by atoms with Crippen LogP contribution in [0.2, 0.25) is 0 Å². The molecule has 0 unspecified atom stereocenters. The number of methoxy groups -OCH3 is 1. The Kier molecular flexibility index (Phi) is 4.27. The van der Waals surface area contributed by atoms with Gasteiger partial charge in [-0.05, 0) is 25.5 Å². The van der Waals surface area contributed by atoms with Crippen molar-refractivity contribution in [1.82, 2.24) is 24.3 Å². The predicted octanol–water partition coefficient (Wildman–Crippen LogP) is 1.67. The third-order valence-corrected chi connectivity index (χ3v) is 3.66. The lowest BCUT2D eigenvalue weighted by Crippen LogP contribution is -2.27. The number of aryl methyl sites for hydroxylation is 2. The number of ether oxygens (including phenoxy) is 1.